The Hall–Kier alpha value is 0.0700. The van der Waals surface area contributed by atoms with Crippen LogP contribution in [-0.4, -0.2) is 42.7 Å². The lowest BCUT2D eigenvalue weighted by atomic mass is 10.1. The molecule has 0 bridgehead atoms. The molecular formula is C8H17ClN2OS. The molecule has 1 aliphatic heterocycles. The number of nitrogens with one attached hydrogen (secondary N) is 1. The van der Waals surface area contributed by atoms with E-state index in [0.717, 1.165) is 13.0 Å². The summed E-state index contributed by atoms with van der Waals surface area (Å²) < 4.78 is 0. The van der Waals surface area contributed by atoms with Gasteiger partial charge in [0.05, 0.1) is 0 Å². The van der Waals surface area contributed by atoms with Crippen LogP contribution in [0.25, 0.3) is 0 Å². The monoisotopic (exact) mass is 224 g/mol. The number of nitrogens with zero attached hydrogens (tertiary/aromatic N) is 1. The highest BCUT2D eigenvalue weighted by Crippen LogP contribution is 2.21. The lowest BCUT2D eigenvalue weighted by Gasteiger charge is -2.17. The van der Waals surface area contributed by atoms with E-state index in [1.54, 1.807) is 7.05 Å². The predicted octanol–water partition coefficient (Wildman–Crippen LogP) is 0.547. The third kappa shape index (κ3) is 3.75. The van der Waals surface area contributed by atoms with Crippen molar-refractivity contribution in [2.24, 2.45) is 0 Å². The van der Waals surface area contributed by atoms with E-state index in [-0.39, 0.29) is 18.3 Å². The van der Waals surface area contributed by atoms with Gasteiger partial charge in [-0.2, -0.15) is 12.6 Å². The molecule has 0 spiro atoms. The Morgan fingerprint density at radius 2 is 2.31 bits per heavy atom. The Balaban J connectivity index is 0.00000144. The van der Waals surface area contributed by atoms with Crippen molar-refractivity contribution in [1.29, 1.82) is 0 Å². The van der Waals surface area contributed by atoms with Crippen molar-refractivity contribution in [1.82, 2.24) is 10.2 Å². The first-order valence-electron chi connectivity index (χ1n) is 4.22. The maximum Gasteiger partial charge on any atom is 0.221 e. The minimum atomic E-state index is 0. The first-order valence-corrected chi connectivity index (χ1v) is 4.74. The second-order valence-electron chi connectivity index (χ2n) is 3.36. The number of rotatable bonds is 2. The average Bonchev–Trinajstić information content (AvgIpc) is 2.30. The summed E-state index contributed by atoms with van der Waals surface area (Å²) in [5.41, 5.74) is 0. The third-order valence-electron chi connectivity index (χ3n) is 2.37. The zero-order chi connectivity index (χ0) is 9.14. The second-order valence-corrected chi connectivity index (χ2v) is 4.09. The summed E-state index contributed by atoms with van der Waals surface area (Å²) in [7, 11) is 3.72. The second kappa shape index (κ2) is 5.73. The van der Waals surface area contributed by atoms with Gasteiger partial charge in [-0.1, -0.05) is 0 Å². The van der Waals surface area contributed by atoms with E-state index in [0.29, 0.717) is 17.7 Å². The zero-order valence-corrected chi connectivity index (χ0v) is 9.70. The molecule has 1 amide bonds. The van der Waals surface area contributed by atoms with E-state index in [4.69, 9.17) is 0 Å². The molecule has 0 aromatic heterocycles. The molecule has 0 aromatic rings. The van der Waals surface area contributed by atoms with Crippen molar-refractivity contribution in [3.8, 4) is 0 Å². The molecule has 5 heteroatoms. The molecule has 2 atom stereocenters. The smallest absolute Gasteiger partial charge is 0.221 e. The maximum absolute atomic E-state index is 11.1. The van der Waals surface area contributed by atoms with Crippen LogP contribution in [-0.2, 0) is 4.79 Å². The summed E-state index contributed by atoms with van der Waals surface area (Å²) in [5.74, 6) is 0.120. The Labute approximate surface area is 91.1 Å². The van der Waals surface area contributed by atoms with Gasteiger partial charge in [-0.25, -0.2) is 0 Å². The van der Waals surface area contributed by atoms with Crippen LogP contribution in [0.5, 0.6) is 0 Å². The highest BCUT2D eigenvalue weighted by Gasteiger charge is 2.28. The van der Waals surface area contributed by atoms with Gasteiger partial charge in [0.2, 0.25) is 5.91 Å². The molecule has 0 aromatic carbocycles. The third-order valence-corrected chi connectivity index (χ3v) is 2.74. The molecular weight excluding hydrogens is 208 g/mol. The van der Waals surface area contributed by atoms with Crippen molar-refractivity contribution < 1.29 is 4.79 Å². The largest absolute Gasteiger partial charge is 0.359 e. The van der Waals surface area contributed by atoms with Gasteiger partial charge < -0.3 is 10.2 Å². The van der Waals surface area contributed by atoms with E-state index in [9.17, 15) is 4.79 Å². The van der Waals surface area contributed by atoms with E-state index in [2.05, 4.69) is 22.8 Å². The SMILES string of the molecule is CNC(=O)C[C@@H]1C[C@@H](S)CN1C.Cl. The summed E-state index contributed by atoms with van der Waals surface area (Å²) >= 11 is 4.39. The summed E-state index contributed by atoms with van der Waals surface area (Å²) in [5, 5.41) is 3.07. The van der Waals surface area contributed by atoms with Gasteiger partial charge in [0.1, 0.15) is 0 Å². The molecule has 0 unspecified atom stereocenters. The minimum Gasteiger partial charge on any atom is -0.359 e. The van der Waals surface area contributed by atoms with Crippen LogP contribution in [0.3, 0.4) is 0 Å². The van der Waals surface area contributed by atoms with Crippen LogP contribution < -0.4 is 5.32 Å². The molecule has 3 nitrogen and oxygen atoms in total. The van der Waals surface area contributed by atoms with Gasteiger partial charge in [-0.15, -0.1) is 12.4 Å². The van der Waals surface area contributed by atoms with Crippen molar-refractivity contribution in [3.63, 3.8) is 0 Å². The fourth-order valence-corrected chi connectivity index (χ4v) is 2.11. The molecule has 1 aliphatic rings. The van der Waals surface area contributed by atoms with Gasteiger partial charge in [-0.3, -0.25) is 4.79 Å². The maximum atomic E-state index is 11.1. The lowest BCUT2D eigenvalue weighted by molar-refractivity contribution is -0.121. The molecule has 1 N–H and O–H groups in total. The molecule has 0 saturated carbocycles. The molecule has 0 radical (unpaired) electrons. The van der Waals surface area contributed by atoms with Gasteiger partial charge in [0, 0.05) is 31.3 Å². The van der Waals surface area contributed by atoms with Crippen molar-refractivity contribution in [2.75, 3.05) is 20.6 Å². The lowest BCUT2D eigenvalue weighted by Crippen LogP contribution is -2.31. The predicted molar refractivity (Wildman–Crippen MR) is 59.7 cm³/mol. The summed E-state index contributed by atoms with van der Waals surface area (Å²) in [6.07, 6.45) is 1.62. The van der Waals surface area contributed by atoms with Crippen molar-refractivity contribution in [2.45, 2.75) is 24.1 Å². The molecule has 1 saturated heterocycles. The standard InChI is InChI=1S/C8H16N2OS.ClH/c1-9-8(11)4-6-3-7(12)5-10(6)2;/h6-7,12H,3-5H2,1-2H3,(H,9,11);1H/t6-,7+;/m0./s1. The topological polar surface area (TPSA) is 32.3 Å². The fourth-order valence-electron chi connectivity index (χ4n) is 1.61. The fraction of sp³-hybridized carbons (Fsp3) is 0.875. The molecule has 13 heavy (non-hydrogen) atoms. The highest BCUT2D eigenvalue weighted by atomic mass is 35.5. The molecule has 1 fully saturated rings. The van der Waals surface area contributed by atoms with E-state index < -0.39 is 0 Å². The summed E-state index contributed by atoms with van der Waals surface area (Å²) in [4.78, 5) is 13.3. The first-order chi connectivity index (χ1) is 5.63. The number of hydrogen-bond acceptors (Lipinski definition) is 3. The number of thiol groups is 1. The Bertz CT molecular complexity index is 180. The first kappa shape index (κ1) is 13.1. The van der Waals surface area contributed by atoms with Crippen LogP contribution in [0, 0.1) is 0 Å². The van der Waals surface area contributed by atoms with Gasteiger partial charge >= 0.3 is 0 Å². The van der Waals surface area contributed by atoms with Crippen LogP contribution in [0.4, 0.5) is 0 Å². The Morgan fingerprint density at radius 3 is 2.69 bits per heavy atom. The van der Waals surface area contributed by atoms with Crippen molar-refractivity contribution in [3.05, 3.63) is 0 Å². The van der Waals surface area contributed by atoms with Crippen LogP contribution in [0.2, 0.25) is 0 Å². The Kier molecular flexibility index (Phi) is 5.76. The van der Waals surface area contributed by atoms with E-state index >= 15 is 0 Å². The molecule has 0 aliphatic carbocycles. The van der Waals surface area contributed by atoms with E-state index in [1.807, 2.05) is 7.05 Å². The quantitative estimate of drug-likeness (QED) is 0.672. The van der Waals surface area contributed by atoms with Gasteiger partial charge in [-0.05, 0) is 13.5 Å². The van der Waals surface area contributed by atoms with Crippen LogP contribution in [0.1, 0.15) is 12.8 Å². The number of amides is 1. The molecule has 1 rings (SSSR count). The van der Waals surface area contributed by atoms with E-state index in [1.165, 1.54) is 0 Å². The van der Waals surface area contributed by atoms with Crippen LogP contribution >= 0.6 is 25.0 Å². The normalized spacial score (nSPS) is 28.2. The van der Waals surface area contributed by atoms with Crippen molar-refractivity contribution >= 4 is 30.9 Å². The number of halogens is 1. The van der Waals surface area contributed by atoms with Gasteiger partial charge in [0.15, 0.2) is 0 Å². The highest BCUT2D eigenvalue weighted by molar-refractivity contribution is 7.81. The van der Waals surface area contributed by atoms with Crippen LogP contribution in [0.15, 0.2) is 0 Å². The van der Waals surface area contributed by atoms with Gasteiger partial charge in [0.25, 0.3) is 0 Å². The Morgan fingerprint density at radius 1 is 1.69 bits per heavy atom. The average molecular weight is 225 g/mol. The summed E-state index contributed by atoms with van der Waals surface area (Å²) in [6, 6.07) is 0.382. The number of likely N-dealkylation sites (tertiary alicyclic amines) is 1. The summed E-state index contributed by atoms with van der Waals surface area (Å²) in [6.45, 7) is 0.991. The number of carbonyl (C=O) groups is 1. The molecule has 1 heterocycles. The zero-order valence-electron chi connectivity index (χ0n) is 7.99. The minimum absolute atomic E-state index is 0. The number of carbonyl (C=O) groups excluding carboxylic acids is 1. The number of hydrogen-bond donors (Lipinski definition) is 2. The molecule has 78 valence electrons.